The molecule has 1 aliphatic rings. The Labute approximate surface area is 115 Å². The molecule has 2 rings (SSSR count). The number of amides is 2. The summed E-state index contributed by atoms with van der Waals surface area (Å²) in [7, 11) is 0. The predicted molar refractivity (Wildman–Crippen MR) is 71.2 cm³/mol. The van der Waals surface area contributed by atoms with E-state index in [0.717, 1.165) is 16.3 Å². The second-order valence-electron chi connectivity index (χ2n) is 4.73. The van der Waals surface area contributed by atoms with Gasteiger partial charge >= 0.3 is 12.0 Å². The molecule has 7 heteroatoms. The molecule has 19 heavy (non-hydrogen) atoms. The summed E-state index contributed by atoms with van der Waals surface area (Å²) in [4.78, 5) is 28.1. The van der Waals surface area contributed by atoms with Crippen LogP contribution in [0, 0.1) is 0 Å². The van der Waals surface area contributed by atoms with Gasteiger partial charge in [0.1, 0.15) is 10.5 Å². The van der Waals surface area contributed by atoms with Crippen LogP contribution in [0.2, 0.25) is 0 Å². The summed E-state index contributed by atoms with van der Waals surface area (Å²) in [6.45, 7) is 3.88. The average Bonchev–Trinajstić information content (AvgIpc) is 2.97. The summed E-state index contributed by atoms with van der Waals surface area (Å²) in [6, 6.07) is -0.685. The molecule has 1 aromatic heterocycles. The maximum absolute atomic E-state index is 11.8. The van der Waals surface area contributed by atoms with Gasteiger partial charge in [0.25, 0.3) is 0 Å². The van der Waals surface area contributed by atoms with Crippen LogP contribution in [-0.4, -0.2) is 27.6 Å². The van der Waals surface area contributed by atoms with Crippen molar-refractivity contribution < 1.29 is 14.7 Å². The van der Waals surface area contributed by atoms with Crippen molar-refractivity contribution >= 4 is 23.3 Å². The van der Waals surface area contributed by atoms with Crippen molar-refractivity contribution in [3.63, 3.8) is 0 Å². The molecule has 0 aromatic carbocycles. The molecule has 3 N–H and O–H groups in total. The van der Waals surface area contributed by atoms with Gasteiger partial charge in [-0.1, -0.05) is 6.92 Å². The Kier molecular flexibility index (Phi) is 3.75. The summed E-state index contributed by atoms with van der Waals surface area (Å²) in [5.41, 5.74) is -1.05. The topological polar surface area (TPSA) is 91.3 Å². The summed E-state index contributed by atoms with van der Waals surface area (Å²) >= 11 is 1.55. The Bertz CT molecular complexity index is 496. The number of nitrogens with zero attached hydrogens (tertiary/aromatic N) is 1. The number of hydrogen-bond acceptors (Lipinski definition) is 4. The third-order valence-corrected chi connectivity index (χ3v) is 4.47. The van der Waals surface area contributed by atoms with Gasteiger partial charge in [0.15, 0.2) is 0 Å². The van der Waals surface area contributed by atoms with Crippen LogP contribution in [-0.2, 0) is 11.2 Å². The fraction of sp³-hybridized carbons (Fsp3) is 0.583. The van der Waals surface area contributed by atoms with Crippen LogP contribution >= 0.6 is 11.3 Å². The van der Waals surface area contributed by atoms with E-state index in [2.05, 4.69) is 15.6 Å². The van der Waals surface area contributed by atoms with Crippen LogP contribution in [0.15, 0.2) is 6.20 Å². The standard InChI is InChI=1S/C12H17N3O3S/c1-3-8-6-13-9(19-8)7(2)14-11(18)15-12(4-5-12)10(16)17/h6-7H,3-5H2,1-2H3,(H,16,17)(H2,14,15,18). The Morgan fingerprint density at radius 1 is 1.58 bits per heavy atom. The van der Waals surface area contributed by atoms with E-state index in [9.17, 15) is 9.59 Å². The molecule has 6 nitrogen and oxygen atoms in total. The van der Waals surface area contributed by atoms with E-state index < -0.39 is 17.5 Å². The fourth-order valence-electron chi connectivity index (χ4n) is 1.72. The summed E-state index contributed by atoms with van der Waals surface area (Å²) in [5, 5.41) is 15.0. The van der Waals surface area contributed by atoms with Crippen LogP contribution in [0.1, 0.15) is 42.6 Å². The number of carboxylic acid groups (broad SMARTS) is 1. The van der Waals surface area contributed by atoms with Gasteiger partial charge in [-0.2, -0.15) is 0 Å². The van der Waals surface area contributed by atoms with Gasteiger partial charge in [-0.25, -0.2) is 14.6 Å². The van der Waals surface area contributed by atoms with E-state index in [0.29, 0.717) is 12.8 Å². The molecule has 1 aliphatic carbocycles. The Morgan fingerprint density at radius 3 is 2.74 bits per heavy atom. The SMILES string of the molecule is CCc1cnc(C(C)NC(=O)NC2(C(=O)O)CC2)s1. The zero-order chi connectivity index (χ0) is 14.0. The number of nitrogens with one attached hydrogen (secondary N) is 2. The number of hydrogen-bond donors (Lipinski definition) is 3. The smallest absolute Gasteiger partial charge is 0.329 e. The zero-order valence-corrected chi connectivity index (χ0v) is 11.7. The highest BCUT2D eigenvalue weighted by molar-refractivity contribution is 7.11. The first kappa shape index (κ1) is 13.8. The monoisotopic (exact) mass is 283 g/mol. The lowest BCUT2D eigenvalue weighted by molar-refractivity contribution is -0.140. The van der Waals surface area contributed by atoms with Crippen molar-refractivity contribution in [2.24, 2.45) is 0 Å². The molecule has 0 spiro atoms. The van der Waals surface area contributed by atoms with Gasteiger partial charge < -0.3 is 15.7 Å². The molecule has 1 saturated carbocycles. The van der Waals surface area contributed by atoms with E-state index in [1.165, 1.54) is 0 Å². The van der Waals surface area contributed by atoms with E-state index in [-0.39, 0.29) is 6.04 Å². The zero-order valence-electron chi connectivity index (χ0n) is 10.9. The maximum Gasteiger partial charge on any atom is 0.329 e. The number of carbonyl (C=O) groups excluding carboxylic acids is 1. The van der Waals surface area contributed by atoms with E-state index in [4.69, 9.17) is 5.11 Å². The summed E-state index contributed by atoms with van der Waals surface area (Å²) < 4.78 is 0. The molecule has 0 saturated heterocycles. The van der Waals surface area contributed by atoms with Gasteiger partial charge in [-0.3, -0.25) is 0 Å². The van der Waals surface area contributed by atoms with Gasteiger partial charge in [0.2, 0.25) is 0 Å². The van der Waals surface area contributed by atoms with Gasteiger partial charge in [0, 0.05) is 11.1 Å². The van der Waals surface area contributed by atoms with E-state index in [1.807, 2.05) is 13.8 Å². The first-order valence-corrected chi connectivity index (χ1v) is 7.05. The predicted octanol–water partition coefficient (Wildman–Crippen LogP) is 1.68. The van der Waals surface area contributed by atoms with Crippen molar-refractivity contribution in [3.05, 3.63) is 16.1 Å². The molecular weight excluding hydrogens is 266 g/mol. The molecule has 1 aromatic rings. The van der Waals surface area contributed by atoms with Crippen molar-refractivity contribution in [2.75, 3.05) is 0 Å². The summed E-state index contributed by atoms with van der Waals surface area (Å²) in [6.07, 6.45) is 3.69. The third kappa shape index (κ3) is 3.04. The molecule has 1 heterocycles. The molecule has 1 unspecified atom stereocenters. The number of rotatable bonds is 5. The highest BCUT2D eigenvalue weighted by atomic mass is 32.1. The average molecular weight is 283 g/mol. The molecule has 0 radical (unpaired) electrons. The van der Waals surface area contributed by atoms with Gasteiger partial charge in [-0.15, -0.1) is 11.3 Å². The van der Waals surface area contributed by atoms with Crippen molar-refractivity contribution in [1.82, 2.24) is 15.6 Å². The van der Waals surface area contributed by atoms with Crippen LogP contribution in [0.4, 0.5) is 4.79 Å². The number of thiazole rings is 1. The highest BCUT2D eigenvalue weighted by Gasteiger charge is 2.51. The first-order chi connectivity index (χ1) is 8.97. The number of urea groups is 1. The van der Waals surface area contributed by atoms with Crippen LogP contribution in [0.3, 0.4) is 0 Å². The minimum atomic E-state index is -1.05. The lowest BCUT2D eigenvalue weighted by Gasteiger charge is -2.16. The molecule has 1 atom stereocenters. The molecule has 1 fully saturated rings. The normalized spacial score (nSPS) is 17.6. The maximum atomic E-state index is 11.8. The number of carbonyl (C=O) groups is 2. The quantitative estimate of drug-likeness (QED) is 0.766. The minimum absolute atomic E-state index is 0.227. The van der Waals surface area contributed by atoms with Crippen molar-refractivity contribution in [2.45, 2.75) is 44.7 Å². The molecule has 2 amide bonds. The number of carboxylic acids is 1. The first-order valence-electron chi connectivity index (χ1n) is 6.23. The van der Waals surface area contributed by atoms with E-state index >= 15 is 0 Å². The Morgan fingerprint density at radius 2 is 2.26 bits per heavy atom. The highest BCUT2D eigenvalue weighted by Crippen LogP contribution is 2.35. The van der Waals surface area contributed by atoms with Crippen LogP contribution < -0.4 is 10.6 Å². The second-order valence-corrected chi connectivity index (χ2v) is 5.87. The molecule has 104 valence electrons. The fourth-order valence-corrected chi connectivity index (χ4v) is 2.57. The number of aryl methyl sites for hydroxylation is 1. The van der Waals surface area contributed by atoms with Gasteiger partial charge in [-0.05, 0) is 26.2 Å². The van der Waals surface area contributed by atoms with Crippen molar-refractivity contribution in [3.8, 4) is 0 Å². The lowest BCUT2D eigenvalue weighted by Crippen LogP contribution is -2.48. The Balaban J connectivity index is 1.90. The molecule has 0 aliphatic heterocycles. The van der Waals surface area contributed by atoms with E-state index in [1.54, 1.807) is 17.5 Å². The largest absolute Gasteiger partial charge is 0.480 e. The molecular formula is C12H17N3O3S. The Hall–Kier alpha value is -1.63. The van der Waals surface area contributed by atoms with Crippen LogP contribution in [0.25, 0.3) is 0 Å². The van der Waals surface area contributed by atoms with Crippen molar-refractivity contribution in [1.29, 1.82) is 0 Å². The lowest BCUT2D eigenvalue weighted by atomic mass is 10.3. The van der Waals surface area contributed by atoms with Gasteiger partial charge in [0.05, 0.1) is 6.04 Å². The van der Waals surface area contributed by atoms with Crippen LogP contribution in [0.5, 0.6) is 0 Å². The third-order valence-electron chi connectivity index (χ3n) is 3.15. The molecule has 0 bridgehead atoms. The minimum Gasteiger partial charge on any atom is -0.480 e. The summed E-state index contributed by atoms with van der Waals surface area (Å²) in [5.74, 6) is -0.974. The number of aromatic nitrogens is 1. The number of aliphatic carboxylic acids is 1. The second kappa shape index (κ2) is 5.16.